The molecule has 2 amide bonds. The van der Waals surface area contributed by atoms with Gasteiger partial charge in [0.05, 0.1) is 23.0 Å². The van der Waals surface area contributed by atoms with Crippen molar-refractivity contribution in [2.45, 2.75) is 0 Å². The molecule has 1 aromatic heterocycles. The highest BCUT2D eigenvalue weighted by Crippen LogP contribution is 2.22. The summed E-state index contributed by atoms with van der Waals surface area (Å²) in [6.07, 6.45) is 3.19. The molecule has 0 atom stereocenters. The number of carbonyl (C=O) groups is 2. The number of nitrogens with zero attached hydrogens (tertiary/aromatic N) is 2. The van der Waals surface area contributed by atoms with Gasteiger partial charge < -0.3 is 4.98 Å². The Morgan fingerprint density at radius 1 is 1.00 bits per heavy atom. The lowest BCUT2D eigenvalue weighted by atomic mass is 10.1. The molecule has 1 aromatic carbocycles. The molecule has 2 aromatic rings. The molecule has 0 spiro atoms. The van der Waals surface area contributed by atoms with Crippen LogP contribution < -0.4 is 0 Å². The van der Waals surface area contributed by atoms with E-state index in [1.54, 1.807) is 36.5 Å². The van der Waals surface area contributed by atoms with Crippen molar-refractivity contribution in [1.29, 1.82) is 0 Å². The number of fused-ring (bicyclic) bond motifs is 1. The van der Waals surface area contributed by atoms with Crippen LogP contribution in [0.25, 0.3) is 0 Å². The number of hydrogen-bond donors (Lipinski definition) is 1. The molecule has 0 fully saturated rings. The van der Waals surface area contributed by atoms with E-state index in [-0.39, 0.29) is 0 Å². The zero-order valence-electron chi connectivity index (χ0n) is 9.33. The van der Waals surface area contributed by atoms with Crippen molar-refractivity contribution in [2.24, 2.45) is 5.10 Å². The minimum atomic E-state index is -0.390. The maximum atomic E-state index is 11.9. The van der Waals surface area contributed by atoms with Gasteiger partial charge in [0.1, 0.15) is 0 Å². The highest BCUT2D eigenvalue weighted by Gasteiger charge is 2.35. The Morgan fingerprint density at radius 2 is 1.67 bits per heavy atom. The molecule has 0 saturated carbocycles. The molecule has 0 saturated heterocycles. The molecule has 88 valence electrons. The van der Waals surface area contributed by atoms with Crippen LogP contribution in [0.4, 0.5) is 0 Å². The zero-order valence-corrected chi connectivity index (χ0v) is 9.33. The Balaban J connectivity index is 1.93. The fourth-order valence-electron chi connectivity index (χ4n) is 1.83. The number of carbonyl (C=O) groups excluding carboxylic acids is 2. The van der Waals surface area contributed by atoms with E-state index in [0.29, 0.717) is 11.1 Å². The predicted octanol–water partition coefficient (Wildman–Crippen LogP) is 1.64. The van der Waals surface area contributed by atoms with Gasteiger partial charge >= 0.3 is 0 Å². The summed E-state index contributed by atoms with van der Waals surface area (Å²) in [5, 5.41) is 4.80. The van der Waals surface area contributed by atoms with Gasteiger partial charge in [-0.25, -0.2) is 0 Å². The van der Waals surface area contributed by atoms with Gasteiger partial charge in [0.25, 0.3) is 11.8 Å². The molecule has 2 heterocycles. The van der Waals surface area contributed by atoms with Crippen molar-refractivity contribution in [2.75, 3.05) is 0 Å². The third kappa shape index (κ3) is 1.53. The van der Waals surface area contributed by atoms with Crippen molar-refractivity contribution in [3.63, 3.8) is 0 Å². The highest BCUT2D eigenvalue weighted by atomic mass is 16.2. The first-order chi connectivity index (χ1) is 8.77. The number of hydrazone groups is 1. The average Bonchev–Trinajstić information content (AvgIpc) is 2.98. The van der Waals surface area contributed by atoms with E-state index in [4.69, 9.17) is 0 Å². The topological polar surface area (TPSA) is 65.5 Å². The van der Waals surface area contributed by atoms with Gasteiger partial charge in [-0.1, -0.05) is 12.1 Å². The Bertz CT molecular complexity index is 609. The Hall–Kier alpha value is -2.69. The number of H-pyrrole nitrogens is 1. The number of aromatic amines is 1. The Kier molecular flexibility index (Phi) is 2.30. The van der Waals surface area contributed by atoms with Gasteiger partial charge in [-0.15, -0.1) is 0 Å². The van der Waals surface area contributed by atoms with Crippen molar-refractivity contribution < 1.29 is 9.59 Å². The van der Waals surface area contributed by atoms with Crippen LogP contribution in [0.5, 0.6) is 0 Å². The van der Waals surface area contributed by atoms with Crippen LogP contribution in [0.15, 0.2) is 47.7 Å². The number of hydrogen-bond acceptors (Lipinski definition) is 3. The lowest BCUT2D eigenvalue weighted by Gasteiger charge is -2.04. The molecule has 1 aliphatic rings. The fourth-order valence-corrected chi connectivity index (χ4v) is 1.83. The van der Waals surface area contributed by atoms with Crippen molar-refractivity contribution in [3.8, 4) is 0 Å². The van der Waals surface area contributed by atoms with Crippen LogP contribution in [0.3, 0.4) is 0 Å². The number of rotatable bonds is 2. The summed E-state index contributed by atoms with van der Waals surface area (Å²) in [6, 6.07) is 10.3. The quantitative estimate of drug-likeness (QED) is 0.639. The molecular formula is C13H9N3O2. The average molecular weight is 239 g/mol. The van der Waals surface area contributed by atoms with E-state index in [0.717, 1.165) is 10.7 Å². The number of aromatic nitrogens is 1. The van der Waals surface area contributed by atoms with E-state index >= 15 is 0 Å². The molecule has 5 heteroatoms. The maximum Gasteiger partial charge on any atom is 0.282 e. The van der Waals surface area contributed by atoms with Gasteiger partial charge in [0.15, 0.2) is 0 Å². The molecule has 0 radical (unpaired) electrons. The monoisotopic (exact) mass is 239 g/mol. The predicted molar refractivity (Wildman–Crippen MR) is 65.3 cm³/mol. The lowest BCUT2D eigenvalue weighted by Crippen LogP contribution is -2.24. The molecule has 18 heavy (non-hydrogen) atoms. The first-order valence-corrected chi connectivity index (χ1v) is 5.42. The van der Waals surface area contributed by atoms with E-state index in [1.165, 1.54) is 6.21 Å². The highest BCUT2D eigenvalue weighted by molar-refractivity contribution is 6.21. The zero-order chi connectivity index (χ0) is 12.5. The largest absolute Gasteiger partial charge is 0.360 e. The van der Waals surface area contributed by atoms with Crippen molar-refractivity contribution >= 4 is 18.0 Å². The van der Waals surface area contributed by atoms with E-state index in [2.05, 4.69) is 10.1 Å². The number of nitrogens with one attached hydrogen (secondary N) is 1. The second kappa shape index (κ2) is 3.96. The summed E-state index contributed by atoms with van der Waals surface area (Å²) >= 11 is 0. The Morgan fingerprint density at radius 3 is 2.22 bits per heavy atom. The molecule has 0 bridgehead atoms. The van der Waals surface area contributed by atoms with Crippen LogP contribution in [0.1, 0.15) is 26.4 Å². The second-order valence-electron chi connectivity index (χ2n) is 3.84. The third-order valence-electron chi connectivity index (χ3n) is 2.71. The van der Waals surface area contributed by atoms with Gasteiger partial charge in [0.2, 0.25) is 0 Å². The Labute approximate surface area is 103 Å². The molecule has 0 unspecified atom stereocenters. The number of imide groups is 1. The molecule has 5 nitrogen and oxygen atoms in total. The number of benzene rings is 1. The lowest BCUT2D eigenvalue weighted by molar-refractivity contribution is 0.0660. The van der Waals surface area contributed by atoms with Gasteiger partial charge in [0, 0.05) is 6.20 Å². The smallest absolute Gasteiger partial charge is 0.282 e. The van der Waals surface area contributed by atoms with Crippen LogP contribution in [0.2, 0.25) is 0 Å². The molecule has 3 rings (SSSR count). The minimum absolute atomic E-state index is 0.390. The van der Waals surface area contributed by atoms with Crippen LogP contribution in [0, 0.1) is 0 Å². The first-order valence-electron chi connectivity index (χ1n) is 5.42. The molecule has 1 N–H and O–H groups in total. The summed E-state index contributed by atoms with van der Waals surface area (Å²) in [6.45, 7) is 0. The summed E-state index contributed by atoms with van der Waals surface area (Å²) < 4.78 is 0. The first kappa shape index (κ1) is 10.5. The fraction of sp³-hybridized carbons (Fsp3) is 0. The van der Waals surface area contributed by atoms with Gasteiger partial charge in [-0.2, -0.15) is 10.1 Å². The van der Waals surface area contributed by atoms with Crippen LogP contribution >= 0.6 is 0 Å². The van der Waals surface area contributed by atoms with Crippen LogP contribution in [-0.2, 0) is 0 Å². The molecular weight excluding hydrogens is 230 g/mol. The maximum absolute atomic E-state index is 11.9. The van der Waals surface area contributed by atoms with Gasteiger partial charge in [-0.3, -0.25) is 9.59 Å². The summed E-state index contributed by atoms with van der Waals surface area (Å²) in [7, 11) is 0. The van der Waals surface area contributed by atoms with E-state index in [1.807, 2.05) is 6.07 Å². The normalized spacial score (nSPS) is 14.6. The molecule has 0 aliphatic carbocycles. The summed E-state index contributed by atoms with van der Waals surface area (Å²) in [4.78, 5) is 26.8. The van der Waals surface area contributed by atoms with Crippen molar-refractivity contribution in [1.82, 2.24) is 9.99 Å². The number of amides is 2. The SMILES string of the molecule is O=C1c2ccccc2C(=O)N1N=Cc1ccc[nH]1. The minimum Gasteiger partial charge on any atom is -0.360 e. The standard InChI is InChI=1S/C13H9N3O2/c17-12-10-5-1-2-6-11(10)13(18)16(12)15-8-9-4-3-7-14-9/h1-8,14H. The van der Waals surface area contributed by atoms with E-state index < -0.39 is 11.8 Å². The summed E-state index contributed by atoms with van der Waals surface area (Å²) in [5.41, 5.74) is 1.52. The third-order valence-corrected chi connectivity index (χ3v) is 2.71. The second-order valence-corrected chi connectivity index (χ2v) is 3.84. The van der Waals surface area contributed by atoms with Crippen LogP contribution in [-0.4, -0.2) is 28.0 Å². The van der Waals surface area contributed by atoms with Crippen molar-refractivity contribution in [3.05, 3.63) is 59.4 Å². The van der Waals surface area contributed by atoms with Gasteiger partial charge in [-0.05, 0) is 24.3 Å². The summed E-state index contributed by atoms with van der Waals surface area (Å²) in [5.74, 6) is -0.781. The van der Waals surface area contributed by atoms with E-state index in [9.17, 15) is 9.59 Å². The molecule has 1 aliphatic heterocycles.